The van der Waals surface area contributed by atoms with E-state index in [1.54, 1.807) is 0 Å². The van der Waals surface area contributed by atoms with Crippen molar-refractivity contribution < 1.29 is 22.7 Å². The molecule has 116 valence electrons. The van der Waals surface area contributed by atoms with Crippen LogP contribution in [0.2, 0.25) is 0 Å². The van der Waals surface area contributed by atoms with Gasteiger partial charge in [0.2, 0.25) is 5.91 Å². The van der Waals surface area contributed by atoms with Gasteiger partial charge in [-0.15, -0.1) is 0 Å². The lowest BCUT2D eigenvalue weighted by Gasteiger charge is -2.19. The number of alkyl halides is 3. The molecule has 0 aromatic heterocycles. The summed E-state index contributed by atoms with van der Waals surface area (Å²) in [5.41, 5.74) is -0.796. The van der Waals surface area contributed by atoms with Crippen LogP contribution in [0.15, 0.2) is 24.3 Å². The van der Waals surface area contributed by atoms with Gasteiger partial charge in [-0.1, -0.05) is 18.2 Å². The maximum atomic E-state index is 12.9. The summed E-state index contributed by atoms with van der Waals surface area (Å²) >= 11 is 0. The van der Waals surface area contributed by atoms with E-state index in [9.17, 15) is 18.0 Å². The highest BCUT2D eigenvalue weighted by Crippen LogP contribution is 2.32. The van der Waals surface area contributed by atoms with Crippen LogP contribution in [0, 0.1) is 0 Å². The quantitative estimate of drug-likeness (QED) is 0.883. The summed E-state index contributed by atoms with van der Waals surface area (Å²) < 4.78 is 43.8. The number of hydrogen-bond donors (Lipinski definition) is 2. The molecule has 1 aliphatic heterocycles. The van der Waals surface area contributed by atoms with Gasteiger partial charge in [-0.25, -0.2) is 0 Å². The van der Waals surface area contributed by atoms with Gasteiger partial charge in [-0.2, -0.15) is 13.2 Å². The number of rotatable bonds is 4. The Labute approximate surface area is 120 Å². The van der Waals surface area contributed by atoms with E-state index in [1.165, 1.54) is 25.3 Å². The molecular formula is C14H17F3N2O2. The summed E-state index contributed by atoms with van der Waals surface area (Å²) in [5, 5.41) is 5.77. The first-order chi connectivity index (χ1) is 9.91. The van der Waals surface area contributed by atoms with Gasteiger partial charge < -0.3 is 15.4 Å². The average Bonchev–Trinajstić information content (AvgIpc) is 2.85. The Bertz CT molecular complexity index is 505. The summed E-state index contributed by atoms with van der Waals surface area (Å²) in [6.07, 6.45) is -4.92. The van der Waals surface area contributed by atoms with Crippen molar-refractivity contribution in [2.45, 2.75) is 24.7 Å². The van der Waals surface area contributed by atoms with E-state index in [1.807, 2.05) is 0 Å². The molecule has 0 unspecified atom stereocenters. The summed E-state index contributed by atoms with van der Waals surface area (Å²) in [6, 6.07) is 4.89. The van der Waals surface area contributed by atoms with E-state index in [0.717, 1.165) is 6.07 Å². The zero-order valence-electron chi connectivity index (χ0n) is 11.5. The van der Waals surface area contributed by atoms with Crippen molar-refractivity contribution in [3.8, 4) is 0 Å². The maximum Gasteiger partial charge on any atom is 0.416 e. The minimum absolute atomic E-state index is 0.0255. The van der Waals surface area contributed by atoms with Gasteiger partial charge in [0.05, 0.1) is 24.1 Å². The van der Waals surface area contributed by atoms with Crippen molar-refractivity contribution in [3.63, 3.8) is 0 Å². The van der Waals surface area contributed by atoms with Gasteiger partial charge in [0.15, 0.2) is 0 Å². The van der Waals surface area contributed by atoms with Crippen LogP contribution in [0.4, 0.5) is 13.2 Å². The lowest BCUT2D eigenvalue weighted by Crippen LogP contribution is -2.44. The number of hydrogen-bond acceptors (Lipinski definition) is 3. The molecular weight excluding hydrogens is 285 g/mol. The molecule has 1 amide bonds. The van der Waals surface area contributed by atoms with Crippen molar-refractivity contribution in [2.75, 3.05) is 20.2 Å². The van der Waals surface area contributed by atoms with E-state index in [4.69, 9.17) is 4.74 Å². The fourth-order valence-corrected chi connectivity index (χ4v) is 2.43. The molecule has 7 heteroatoms. The second kappa shape index (κ2) is 6.44. The molecule has 0 spiro atoms. The molecule has 0 bridgehead atoms. The highest BCUT2D eigenvalue weighted by molar-refractivity contribution is 5.79. The SMILES string of the molecule is CO[C@@H]1CNC[C@H]1NC(=O)Cc1ccccc1C(F)(F)F. The van der Waals surface area contributed by atoms with E-state index in [-0.39, 0.29) is 24.1 Å². The molecule has 0 radical (unpaired) electrons. The largest absolute Gasteiger partial charge is 0.416 e. The standard InChI is InChI=1S/C14H17F3N2O2/c1-21-12-8-18-7-11(12)19-13(20)6-9-4-2-3-5-10(9)14(15,16)17/h2-5,11-12,18H,6-8H2,1H3,(H,19,20)/t11-,12-/m1/s1. The number of methoxy groups -OCH3 is 1. The summed E-state index contributed by atoms with van der Waals surface area (Å²) in [6.45, 7) is 1.16. The first-order valence-electron chi connectivity index (χ1n) is 6.60. The highest BCUT2D eigenvalue weighted by Gasteiger charge is 2.34. The van der Waals surface area contributed by atoms with Crippen LogP contribution < -0.4 is 10.6 Å². The molecule has 1 aromatic carbocycles. The number of amides is 1. The Morgan fingerprint density at radius 1 is 1.38 bits per heavy atom. The van der Waals surface area contributed by atoms with Crippen LogP contribution in [-0.2, 0) is 22.1 Å². The Morgan fingerprint density at radius 3 is 2.76 bits per heavy atom. The zero-order chi connectivity index (χ0) is 15.5. The van der Waals surface area contributed by atoms with Gasteiger partial charge >= 0.3 is 6.18 Å². The molecule has 1 heterocycles. The second-order valence-corrected chi connectivity index (χ2v) is 4.94. The molecule has 0 aliphatic carbocycles. The Balaban J connectivity index is 2.03. The Kier molecular flexibility index (Phi) is 4.84. The maximum absolute atomic E-state index is 12.9. The molecule has 1 aromatic rings. The molecule has 1 saturated heterocycles. The zero-order valence-corrected chi connectivity index (χ0v) is 11.5. The third-order valence-corrected chi connectivity index (χ3v) is 3.48. The van der Waals surface area contributed by atoms with Gasteiger partial charge in [0.1, 0.15) is 0 Å². The van der Waals surface area contributed by atoms with Crippen molar-refractivity contribution in [1.29, 1.82) is 0 Å². The lowest BCUT2D eigenvalue weighted by atomic mass is 10.0. The van der Waals surface area contributed by atoms with Crippen molar-refractivity contribution >= 4 is 5.91 Å². The summed E-state index contributed by atoms with van der Waals surface area (Å²) in [7, 11) is 1.54. The molecule has 21 heavy (non-hydrogen) atoms. The molecule has 2 rings (SSSR count). The summed E-state index contributed by atoms with van der Waals surface area (Å²) in [5.74, 6) is -0.442. The minimum atomic E-state index is -4.46. The molecule has 1 aliphatic rings. The number of nitrogens with one attached hydrogen (secondary N) is 2. The van der Waals surface area contributed by atoms with E-state index < -0.39 is 17.6 Å². The van der Waals surface area contributed by atoms with Crippen molar-refractivity contribution in [3.05, 3.63) is 35.4 Å². The minimum Gasteiger partial charge on any atom is -0.378 e. The van der Waals surface area contributed by atoms with Crippen molar-refractivity contribution in [2.24, 2.45) is 0 Å². The van der Waals surface area contributed by atoms with Crippen LogP contribution in [0.25, 0.3) is 0 Å². The average molecular weight is 302 g/mol. The van der Waals surface area contributed by atoms with Crippen LogP contribution in [0.5, 0.6) is 0 Å². The summed E-state index contributed by atoms with van der Waals surface area (Å²) in [4.78, 5) is 11.9. The topological polar surface area (TPSA) is 50.4 Å². The number of halogens is 3. The Morgan fingerprint density at radius 2 is 2.10 bits per heavy atom. The monoisotopic (exact) mass is 302 g/mol. The van der Waals surface area contributed by atoms with Gasteiger partial charge in [-0.05, 0) is 11.6 Å². The lowest BCUT2D eigenvalue weighted by molar-refractivity contribution is -0.138. The van der Waals surface area contributed by atoms with Crippen LogP contribution in [-0.4, -0.2) is 38.3 Å². The Hall–Kier alpha value is -1.60. The number of ether oxygens (including phenoxy) is 1. The van der Waals surface area contributed by atoms with E-state index in [0.29, 0.717) is 13.1 Å². The fourth-order valence-electron chi connectivity index (χ4n) is 2.43. The molecule has 2 atom stereocenters. The van der Waals surface area contributed by atoms with Gasteiger partial charge in [0.25, 0.3) is 0 Å². The predicted octanol–water partition coefficient (Wildman–Crippen LogP) is 1.35. The van der Waals surface area contributed by atoms with E-state index in [2.05, 4.69) is 10.6 Å². The van der Waals surface area contributed by atoms with Gasteiger partial charge in [-0.3, -0.25) is 4.79 Å². The predicted molar refractivity (Wildman–Crippen MR) is 70.7 cm³/mol. The number of benzene rings is 1. The second-order valence-electron chi connectivity index (χ2n) is 4.94. The van der Waals surface area contributed by atoms with Crippen LogP contribution >= 0.6 is 0 Å². The molecule has 1 fully saturated rings. The van der Waals surface area contributed by atoms with Gasteiger partial charge in [0, 0.05) is 20.2 Å². The molecule has 2 N–H and O–H groups in total. The van der Waals surface area contributed by atoms with E-state index >= 15 is 0 Å². The highest BCUT2D eigenvalue weighted by atomic mass is 19.4. The first kappa shape index (κ1) is 15.8. The third-order valence-electron chi connectivity index (χ3n) is 3.48. The number of carbonyl (C=O) groups is 1. The van der Waals surface area contributed by atoms with Crippen LogP contribution in [0.1, 0.15) is 11.1 Å². The van der Waals surface area contributed by atoms with Crippen LogP contribution in [0.3, 0.4) is 0 Å². The fraction of sp³-hybridized carbons (Fsp3) is 0.500. The first-order valence-corrected chi connectivity index (χ1v) is 6.60. The van der Waals surface area contributed by atoms with Crippen molar-refractivity contribution in [1.82, 2.24) is 10.6 Å². The number of carbonyl (C=O) groups excluding carboxylic acids is 1. The smallest absolute Gasteiger partial charge is 0.378 e. The molecule has 0 saturated carbocycles. The molecule has 4 nitrogen and oxygen atoms in total. The normalized spacial score (nSPS) is 22.3. The third kappa shape index (κ3) is 3.95.